The van der Waals surface area contributed by atoms with Gasteiger partial charge in [0.05, 0.1) is 5.39 Å². The molecular formula is C20H22N2OS2. The van der Waals surface area contributed by atoms with E-state index in [1.54, 1.807) is 33.7 Å². The maximum Gasteiger partial charge on any atom is 0.263 e. The highest BCUT2D eigenvalue weighted by Gasteiger charge is 2.16. The van der Waals surface area contributed by atoms with E-state index in [9.17, 15) is 4.79 Å². The third-order valence-electron chi connectivity index (χ3n) is 4.06. The standard InChI is InChI=1S/C20H22N2OS2/c1-4-6-12-24-20-21-18-17(19(23)22(20)11-5-2)16(13-25-18)15-9-7-14(3)8-10-15/h5,7-10,13H,2,4,6,11-12H2,1,3H3. The molecule has 0 fully saturated rings. The number of rotatable bonds is 7. The van der Waals surface area contributed by atoms with Crippen molar-refractivity contribution in [1.29, 1.82) is 0 Å². The van der Waals surface area contributed by atoms with E-state index in [1.165, 1.54) is 5.56 Å². The van der Waals surface area contributed by atoms with E-state index in [2.05, 4.69) is 44.7 Å². The van der Waals surface area contributed by atoms with Crippen LogP contribution in [0.3, 0.4) is 0 Å². The van der Waals surface area contributed by atoms with Crippen LogP contribution in [-0.4, -0.2) is 15.3 Å². The largest absolute Gasteiger partial charge is 0.283 e. The molecular weight excluding hydrogens is 348 g/mol. The number of aryl methyl sites for hydroxylation is 1. The lowest BCUT2D eigenvalue weighted by Gasteiger charge is -2.10. The normalized spacial score (nSPS) is 11.1. The monoisotopic (exact) mass is 370 g/mol. The fraction of sp³-hybridized carbons (Fsp3) is 0.300. The number of hydrogen-bond acceptors (Lipinski definition) is 4. The quantitative estimate of drug-likeness (QED) is 0.238. The van der Waals surface area contributed by atoms with Gasteiger partial charge in [-0.25, -0.2) is 4.98 Å². The highest BCUT2D eigenvalue weighted by Crippen LogP contribution is 2.32. The molecule has 0 amide bonds. The van der Waals surface area contributed by atoms with Crippen molar-refractivity contribution in [3.8, 4) is 11.1 Å². The maximum absolute atomic E-state index is 13.2. The molecule has 3 aromatic rings. The summed E-state index contributed by atoms with van der Waals surface area (Å²) in [6.07, 6.45) is 4.01. The van der Waals surface area contributed by atoms with Crippen LogP contribution in [0.25, 0.3) is 21.3 Å². The predicted molar refractivity (Wildman–Crippen MR) is 110 cm³/mol. The van der Waals surface area contributed by atoms with Crippen LogP contribution in [0.4, 0.5) is 0 Å². The van der Waals surface area contributed by atoms with Gasteiger partial charge in [0.25, 0.3) is 5.56 Å². The summed E-state index contributed by atoms with van der Waals surface area (Å²) in [5, 5.41) is 3.56. The summed E-state index contributed by atoms with van der Waals surface area (Å²) in [7, 11) is 0. The summed E-state index contributed by atoms with van der Waals surface area (Å²) < 4.78 is 1.75. The summed E-state index contributed by atoms with van der Waals surface area (Å²) in [6, 6.07) is 8.28. The third kappa shape index (κ3) is 3.72. The number of thioether (sulfide) groups is 1. The SMILES string of the molecule is C=CCn1c(SCCCC)nc2scc(-c3ccc(C)cc3)c2c1=O. The summed E-state index contributed by atoms with van der Waals surface area (Å²) in [4.78, 5) is 18.8. The van der Waals surface area contributed by atoms with Crippen molar-refractivity contribution in [2.45, 2.75) is 38.4 Å². The van der Waals surface area contributed by atoms with Gasteiger partial charge >= 0.3 is 0 Å². The van der Waals surface area contributed by atoms with Gasteiger partial charge in [-0.2, -0.15) is 0 Å². The van der Waals surface area contributed by atoms with Crippen molar-refractivity contribution >= 4 is 33.3 Å². The fourth-order valence-electron chi connectivity index (χ4n) is 2.66. The Balaban J connectivity index is 2.14. The Morgan fingerprint density at radius 2 is 2.08 bits per heavy atom. The Bertz CT molecular complexity index is 939. The molecule has 0 aliphatic rings. The minimum atomic E-state index is 0.0284. The molecule has 3 rings (SSSR count). The zero-order valence-corrected chi connectivity index (χ0v) is 16.3. The Morgan fingerprint density at radius 3 is 2.76 bits per heavy atom. The summed E-state index contributed by atoms with van der Waals surface area (Å²) in [5.74, 6) is 0.974. The molecule has 0 saturated carbocycles. The summed E-state index contributed by atoms with van der Waals surface area (Å²) in [5.41, 5.74) is 3.27. The van der Waals surface area contributed by atoms with Crippen LogP contribution in [0, 0.1) is 6.92 Å². The Labute approximate surface area is 156 Å². The van der Waals surface area contributed by atoms with Crippen molar-refractivity contribution in [3.05, 3.63) is 58.2 Å². The van der Waals surface area contributed by atoms with Crippen LogP contribution in [0.2, 0.25) is 0 Å². The van der Waals surface area contributed by atoms with Gasteiger partial charge in [0.1, 0.15) is 4.83 Å². The lowest BCUT2D eigenvalue weighted by Crippen LogP contribution is -2.22. The molecule has 0 saturated heterocycles. The van der Waals surface area contributed by atoms with Crippen LogP contribution in [0.15, 0.2) is 52.3 Å². The van der Waals surface area contributed by atoms with Crippen LogP contribution in [0.1, 0.15) is 25.3 Å². The van der Waals surface area contributed by atoms with Crippen molar-refractivity contribution in [1.82, 2.24) is 9.55 Å². The third-order valence-corrected chi connectivity index (χ3v) is 6.00. The minimum absolute atomic E-state index is 0.0284. The molecule has 0 unspecified atom stereocenters. The van der Waals surface area contributed by atoms with Gasteiger partial charge < -0.3 is 0 Å². The van der Waals surface area contributed by atoms with Crippen molar-refractivity contribution in [2.75, 3.05) is 5.75 Å². The lowest BCUT2D eigenvalue weighted by atomic mass is 10.1. The smallest absolute Gasteiger partial charge is 0.263 e. The van der Waals surface area contributed by atoms with E-state index in [0.29, 0.717) is 6.54 Å². The van der Waals surface area contributed by atoms with E-state index in [4.69, 9.17) is 4.98 Å². The number of aromatic nitrogens is 2. The number of fused-ring (bicyclic) bond motifs is 1. The van der Waals surface area contributed by atoms with Crippen LogP contribution in [-0.2, 0) is 6.54 Å². The first-order valence-corrected chi connectivity index (χ1v) is 10.3. The second-order valence-electron chi connectivity index (χ2n) is 6.00. The number of thiophene rings is 1. The molecule has 2 aromatic heterocycles. The van der Waals surface area contributed by atoms with Gasteiger partial charge in [0, 0.05) is 23.2 Å². The predicted octanol–water partition coefficient (Wildman–Crippen LogP) is 5.51. The number of unbranched alkanes of at least 4 members (excludes halogenated alkanes) is 1. The van der Waals surface area contributed by atoms with Crippen molar-refractivity contribution < 1.29 is 0 Å². The first kappa shape index (κ1) is 18.0. The molecule has 2 heterocycles. The average molecular weight is 371 g/mol. The molecule has 0 spiro atoms. The first-order chi connectivity index (χ1) is 12.2. The van der Waals surface area contributed by atoms with E-state index >= 15 is 0 Å². The Hall–Kier alpha value is -1.85. The first-order valence-electron chi connectivity index (χ1n) is 8.48. The molecule has 5 heteroatoms. The number of nitrogens with zero attached hydrogens (tertiary/aromatic N) is 2. The van der Waals surface area contributed by atoms with Crippen LogP contribution < -0.4 is 5.56 Å². The Morgan fingerprint density at radius 1 is 1.32 bits per heavy atom. The van der Waals surface area contributed by atoms with Crippen LogP contribution in [0.5, 0.6) is 0 Å². The zero-order chi connectivity index (χ0) is 17.8. The Kier molecular flexibility index (Phi) is 5.76. The molecule has 130 valence electrons. The number of allylic oxidation sites excluding steroid dienone is 1. The highest BCUT2D eigenvalue weighted by molar-refractivity contribution is 7.99. The van der Waals surface area contributed by atoms with E-state index in [1.807, 2.05) is 5.38 Å². The van der Waals surface area contributed by atoms with E-state index < -0.39 is 0 Å². The van der Waals surface area contributed by atoms with Gasteiger partial charge in [-0.1, -0.05) is 61.0 Å². The molecule has 1 aromatic carbocycles. The highest BCUT2D eigenvalue weighted by atomic mass is 32.2. The number of benzene rings is 1. The second kappa shape index (κ2) is 8.02. The van der Waals surface area contributed by atoms with Gasteiger partial charge in [0.2, 0.25) is 0 Å². The zero-order valence-electron chi connectivity index (χ0n) is 14.6. The van der Waals surface area contributed by atoms with Crippen molar-refractivity contribution in [2.24, 2.45) is 0 Å². The molecule has 0 atom stereocenters. The lowest BCUT2D eigenvalue weighted by molar-refractivity contribution is 0.672. The molecule has 25 heavy (non-hydrogen) atoms. The van der Waals surface area contributed by atoms with Gasteiger partial charge in [-0.3, -0.25) is 9.36 Å². The molecule has 0 radical (unpaired) electrons. The average Bonchev–Trinajstić information content (AvgIpc) is 3.03. The van der Waals surface area contributed by atoms with Gasteiger partial charge in [-0.15, -0.1) is 17.9 Å². The van der Waals surface area contributed by atoms with E-state index in [0.717, 1.165) is 45.1 Å². The van der Waals surface area contributed by atoms with Gasteiger partial charge in [-0.05, 0) is 18.9 Å². The molecule has 0 N–H and O–H groups in total. The summed E-state index contributed by atoms with van der Waals surface area (Å²) >= 11 is 3.20. The van der Waals surface area contributed by atoms with Gasteiger partial charge in [0.15, 0.2) is 5.16 Å². The number of hydrogen-bond donors (Lipinski definition) is 0. The molecule has 0 aliphatic carbocycles. The van der Waals surface area contributed by atoms with E-state index in [-0.39, 0.29) is 5.56 Å². The topological polar surface area (TPSA) is 34.9 Å². The molecule has 0 bridgehead atoms. The molecule has 0 aliphatic heterocycles. The maximum atomic E-state index is 13.2. The van der Waals surface area contributed by atoms with Crippen LogP contribution >= 0.6 is 23.1 Å². The van der Waals surface area contributed by atoms with Crippen molar-refractivity contribution in [3.63, 3.8) is 0 Å². The fourth-order valence-corrected chi connectivity index (χ4v) is 4.74. The molecule has 3 nitrogen and oxygen atoms in total. The minimum Gasteiger partial charge on any atom is -0.283 e. The summed E-state index contributed by atoms with van der Waals surface area (Å²) in [6.45, 7) is 8.52. The second-order valence-corrected chi connectivity index (χ2v) is 7.92.